The standard InChI is InChI=1S/C18H15ClFN3O3S/c1-21-16-4-2-12(7-15(16)20)6-13-9-23(10-18(13)11-26-18)27(24,25)17-5-3-14(19)8-22-17/h2-5,7-8,13H,6,9-11H2/t13-,18+/m0/s1. The average Bonchev–Trinajstić information content (AvgIpc) is 3.32. The van der Waals surface area contributed by atoms with Crippen LogP contribution in [0.2, 0.25) is 5.02 Å². The van der Waals surface area contributed by atoms with Crippen LogP contribution in [0, 0.1) is 18.3 Å². The second-order valence-corrected chi connectivity index (χ2v) is 9.09. The molecular weight excluding hydrogens is 393 g/mol. The SMILES string of the molecule is [C-]#[N+]c1ccc(C[C@H]2CN(S(=O)(=O)c3ccc(Cl)cn3)C[C@@]23CO3)cc1F. The quantitative estimate of drug-likeness (QED) is 0.577. The van der Waals surface area contributed by atoms with Crippen molar-refractivity contribution < 1.29 is 17.5 Å². The van der Waals surface area contributed by atoms with E-state index in [9.17, 15) is 12.8 Å². The predicted molar refractivity (Wildman–Crippen MR) is 96.5 cm³/mol. The Kier molecular flexibility index (Phi) is 4.43. The number of hydrogen-bond acceptors (Lipinski definition) is 4. The molecule has 1 aromatic carbocycles. The summed E-state index contributed by atoms with van der Waals surface area (Å²) in [7, 11) is -3.76. The molecule has 1 aromatic heterocycles. The van der Waals surface area contributed by atoms with Gasteiger partial charge in [-0.3, -0.25) is 0 Å². The maximum Gasteiger partial charge on any atom is 0.260 e. The van der Waals surface area contributed by atoms with Crippen LogP contribution in [0.25, 0.3) is 4.85 Å². The molecule has 2 fully saturated rings. The Morgan fingerprint density at radius 1 is 1.41 bits per heavy atom. The van der Waals surface area contributed by atoms with Gasteiger partial charge in [-0.1, -0.05) is 23.7 Å². The van der Waals surface area contributed by atoms with Crippen LogP contribution in [0.1, 0.15) is 5.56 Å². The van der Waals surface area contributed by atoms with Crippen LogP contribution in [0.15, 0.2) is 41.6 Å². The van der Waals surface area contributed by atoms with Crippen molar-refractivity contribution in [3.63, 3.8) is 0 Å². The Morgan fingerprint density at radius 3 is 2.78 bits per heavy atom. The molecule has 2 aliphatic heterocycles. The Balaban J connectivity index is 1.56. The molecule has 0 radical (unpaired) electrons. The first-order valence-corrected chi connectivity index (χ1v) is 10.1. The van der Waals surface area contributed by atoms with Gasteiger partial charge in [0, 0.05) is 25.2 Å². The lowest BCUT2D eigenvalue weighted by molar-refractivity contribution is 0.261. The summed E-state index contributed by atoms with van der Waals surface area (Å²) in [6.45, 7) is 7.90. The predicted octanol–water partition coefficient (Wildman–Crippen LogP) is 3.06. The molecule has 0 bridgehead atoms. The molecule has 0 aliphatic carbocycles. The van der Waals surface area contributed by atoms with Gasteiger partial charge in [-0.25, -0.2) is 22.6 Å². The summed E-state index contributed by atoms with van der Waals surface area (Å²) in [5.74, 6) is -0.668. The minimum atomic E-state index is -3.76. The van der Waals surface area contributed by atoms with Crippen molar-refractivity contribution in [1.29, 1.82) is 0 Å². The highest BCUT2D eigenvalue weighted by Gasteiger charge is 2.59. The van der Waals surface area contributed by atoms with Crippen molar-refractivity contribution in [3.8, 4) is 0 Å². The van der Waals surface area contributed by atoms with Crippen molar-refractivity contribution in [2.75, 3.05) is 19.7 Å². The highest BCUT2D eigenvalue weighted by atomic mass is 35.5. The normalized spacial score (nSPS) is 24.9. The second kappa shape index (κ2) is 6.53. The van der Waals surface area contributed by atoms with Crippen LogP contribution in [0.4, 0.5) is 10.1 Å². The largest absolute Gasteiger partial charge is 0.368 e. The molecule has 0 N–H and O–H groups in total. The van der Waals surface area contributed by atoms with Crippen LogP contribution in [0.3, 0.4) is 0 Å². The zero-order chi connectivity index (χ0) is 19.2. The van der Waals surface area contributed by atoms with Crippen LogP contribution in [0.5, 0.6) is 0 Å². The number of pyridine rings is 1. The number of hydrogen-bond donors (Lipinski definition) is 0. The van der Waals surface area contributed by atoms with E-state index < -0.39 is 21.4 Å². The van der Waals surface area contributed by atoms with E-state index in [2.05, 4.69) is 9.83 Å². The average molecular weight is 408 g/mol. The molecular formula is C18H15ClFN3O3S. The minimum Gasteiger partial charge on any atom is -0.368 e. The topological polar surface area (TPSA) is 67.2 Å². The molecule has 4 rings (SSSR count). The molecule has 0 amide bonds. The van der Waals surface area contributed by atoms with Crippen LogP contribution < -0.4 is 0 Å². The first-order valence-electron chi connectivity index (χ1n) is 8.26. The molecule has 2 saturated heterocycles. The number of epoxide rings is 1. The van der Waals surface area contributed by atoms with E-state index in [4.69, 9.17) is 22.9 Å². The van der Waals surface area contributed by atoms with E-state index in [0.29, 0.717) is 23.6 Å². The van der Waals surface area contributed by atoms with Crippen molar-refractivity contribution in [3.05, 3.63) is 64.3 Å². The van der Waals surface area contributed by atoms with Gasteiger partial charge in [0.15, 0.2) is 5.03 Å². The summed E-state index contributed by atoms with van der Waals surface area (Å²) in [4.78, 5) is 7.04. The molecule has 2 atom stereocenters. The first kappa shape index (κ1) is 18.3. The number of nitrogens with zero attached hydrogens (tertiary/aromatic N) is 3. The maximum atomic E-state index is 13.9. The van der Waals surface area contributed by atoms with Gasteiger partial charge in [0.05, 0.1) is 18.2 Å². The highest BCUT2D eigenvalue weighted by Crippen LogP contribution is 2.45. The molecule has 27 heavy (non-hydrogen) atoms. The fourth-order valence-electron chi connectivity index (χ4n) is 3.46. The molecule has 2 aliphatic rings. The number of aromatic nitrogens is 1. The summed E-state index contributed by atoms with van der Waals surface area (Å²) in [5.41, 5.74) is 0.151. The fourth-order valence-corrected chi connectivity index (χ4v) is 5.02. The maximum absolute atomic E-state index is 13.9. The summed E-state index contributed by atoms with van der Waals surface area (Å²) in [6, 6.07) is 7.34. The third kappa shape index (κ3) is 3.32. The molecule has 0 saturated carbocycles. The summed E-state index contributed by atoms with van der Waals surface area (Å²) < 4.78 is 46.6. The number of halogens is 2. The number of benzene rings is 1. The van der Waals surface area contributed by atoms with E-state index in [1.54, 1.807) is 6.07 Å². The lowest BCUT2D eigenvalue weighted by Crippen LogP contribution is -2.31. The van der Waals surface area contributed by atoms with Gasteiger partial charge in [0.1, 0.15) is 11.4 Å². The third-order valence-electron chi connectivity index (χ3n) is 5.05. The smallest absolute Gasteiger partial charge is 0.260 e. The Morgan fingerprint density at radius 2 is 2.19 bits per heavy atom. The molecule has 140 valence electrons. The Hall–Kier alpha value is -2.05. The number of rotatable bonds is 4. The van der Waals surface area contributed by atoms with Gasteiger partial charge >= 0.3 is 0 Å². The summed E-state index contributed by atoms with van der Waals surface area (Å²) in [5, 5.41) is 0.302. The van der Waals surface area contributed by atoms with E-state index >= 15 is 0 Å². The molecule has 0 unspecified atom stereocenters. The molecule has 6 nitrogen and oxygen atoms in total. The van der Waals surface area contributed by atoms with Gasteiger partial charge in [-0.05, 0) is 30.2 Å². The van der Waals surface area contributed by atoms with Crippen molar-refractivity contribution >= 4 is 27.3 Å². The zero-order valence-corrected chi connectivity index (χ0v) is 15.7. The third-order valence-corrected chi connectivity index (χ3v) is 7.00. The minimum absolute atomic E-state index is 0.0272. The highest BCUT2D eigenvalue weighted by molar-refractivity contribution is 7.89. The second-order valence-electron chi connectivity index (χ2n) is 6.76. The van der Waals surface area contributed by atoms with Gasteiger partial charge in [0.2, 0.25) is 5.69 Å². The molecule has 1 spiro atoms. The fraction of sp³-hybridized carbons (Fsp3) is 0.333. The molecule has 3 heterocycles. The Labute approximate surface area is 161 Å². The monoisotopic (exact) mass is 407 g/mol. The first-order chi connectivity index (χ1) is 12.8. The molecule has 9 heteroatoms. The van der Waals surface area contributed by atoms with E-state index in [0.717, 1.165) is 0 Å². The van der Waals surface area contributed by atoms with Crippen LogP contribution in [-0.2, 0) is 21.2 Å². The summed E-state index contributed by atoms with van der Waals surface area (Å²) in [6.07, 6.45) is 1.77. The van der Waals surface area contributed by atoms with Gasteiger partial charge in [-0.15, -0.1) is 0 Å². The van der Waals surface area contributed by atoms with Crippen LogP contribution in [-0.4, -0.2) is 43.0 Å². The number of ether oxygens (including phenoxy) is 1. The van der Waals surface area contributed by atoms with E-state index in [1.807, 2.05) is 0 Å². The van der Waals surface area contributed by atoms with Gasteiger partial charge in [0.25, 0.3) is 10.0 Å². The summed E-state index contributed by atoms with van der Waals surface area (Å²) >= 11 is 5.78. The molecule has 2 aromatic rings. The van der Waals surface area contributed by atoms with E-state index in [-0.39, 0.29) is 29.7 Å². The lowest BCUT2D eigenvalue weighted by atomic mass is 9.90. The Bertz CT molecular complexity index is 1030. The lowest BCUT2D eigenvalue weighted by Gasteiger charge is -2.15. The van der Waals surface area contributed by atoms with Crippen molar-refractivity contribution in [2.45, 2.75) is 17.0 Å². The van der Waals surface area contributed by atoms with Gasteiger partial charge in [-0.2, -0.15) is 4.31 Å². The van der Waals surface area contributed by atoms with E-state index in [1.165, 1.54) is 34.8 Å². The number of sulfonamides is 1. The zero-order valence-electron chi connectivity index (χ0n) is 14.1. The van der Waals surface area contributed by atoms with Gasteiger partial charge < -0.3 is 4.74 Å². The van der Waals surface area contributed by atoms with Crippen molar-refractivity contribution in [1.82, 2.24) is 9.29 Å². The van der Waals surface area contributed by atoms with Crippen molar-refractivity contribution in [2.24, 2.45) is 5.92 Å². The van der Waals surface area contributed by atoms with Crippen LogP contribution >= 0.6 is 11.6 Å².